The first-order valence-corrected chi connectivity index (χ1v) is 8.96. The molecule has 0 bridgehead atoms. The van der Waals surface area contributed by atoms with Gasteiger partial charge in [0.15, 0.2) is 0 Å². The van der Waals surface area contributed by atoms with E-state index in [0.29, 0.717) is 17.9 Å². The Labute approximate surface area is 127 Å². The molecule has 0 amide bonds. The average molecular weight is 320 g/mol. The van der Waals surface area contributed by atoms with E-state index in [4.69, 9.17) is 5.73 Å². The zero-order valence-electron chi connectivity index (χ0n) is 11.6. The summed E-state index contributed by atoms with van der Waals surface area (Å²) in [5.74, 6) is 0. The second kappa shape index (κ2) is 5.29. The number of aryl methyl sites for hydroxylation is 1. The fraction of sp³-hybridized carbons (Fsp3) is 0.200. The minimum absolute atomic E-state index is 0.312. The van der Waals surface area contributed by atoms with Crippen LogP contribution in [0.4, 0.5) is 0 Å². The highest BCUT2D eigenvalue weighted by molar-refractivity contribution is 7.90. The van der Waals surface area contributed by atoms with Gasteiger partial charge in [-0.3, -0.25) is 0 Å². The Kier molecular flexibility index (Phi) is 3.61. The van der Waals surface area contributed by atoms with Crippen LogP contribution in [-0.2, 0) is 16.4 Å². The lowest BCUT2D eigenvalue weighted by Crippen LogP contribution is -2.11. The van der Waals surface area contributed by atoms with E-state index in [-0.39, 0.29) is 0 Å². The molecule has 0 spiro atoms. The summed E-state index contributed by atoms with van der Waals surface area (Å²) < 4.78 is 27.1. The van der Waals surface area contributed by atoms with Crippen molar-refractivity contribution in [1.29, 1.82) is 0 Å². The van der Waals surface area contributed by atoms with Crippen molar-refractivity contribution >= 4 is 31.6 Å². The largest absolute Gasteiger partial charge is 0.330 e. The number of hydrogen-bond acceptors (Lipinski definition) is 4. The van der Waals surface area contributed by atoms with Gasteiger partial charge < -0.3 is 5.73 Å². The van der Waals surface area contributed by atoms with Crippen LogP contribution in [0.2, 0.25) is 0 Å². The van der Waals surface area contributed by atoms with E-state index in [1.165, 1.54) is 15.3 Å². The van der Waals surface area contributed by atoms with Gasteiger partial charge in [0.05, 0.1) is 4.90 Å². The second-order valence-corrected chi connectivity index (χ2v) is 7.66. The Balaban J connectivity index is 2.22. The molecule has 0 saturated carbocycles. The molecular weight excluding hydrogens is 304 g/mol. The van der Waals surface area contributed by atoms with Gasteiger partial charge in [-0.2, -0.15) is 0 Å². The molecule has 3 aromatic rings. The Hall–Kier alpha value is -1.63. The molecule has 0 atom stereocenters. The zero-order chi connectivity index (χ0) is 15.0. The highest BCUT2D eigenvalue weighted by atomic mass is 32.2. The number of benzene rings is 1. The third-order valence-electron chi connectivity index (χ3n) is 3.42. The first-order chi connectivity index (χ1) is 10.0. The molecule has 2 heterocycles. The average Bonchev–Trinajstić information content (AvgIpc) is 3.03. The molecule has 6 heteroatoms. The van der Waals surface area contributed by atoms with Crippen molar-refractivity contribution in [3.8, 4) is 0 Å². The molecule has 2 N–H and O–H groups in total. The number of nitrogens with zero attached hydrogens (tertiary/aromatic N) is 1. The van der Waals surface area contributed by atoms with Gasteiger partial charge in [-0.15, -0.1) is 11.3 Å². The fourth-order valence-corrected chi connectivity index (χ4v) is 5.04. The fourth-order valence-electron chi connectivity index (χ4n) is 2.41. The Morgan fingerprint density at radius 1 is 1.29 bits per heavy atom. The van der Waals surface area contributed by atoms with Crippen LogP contribution >= 0.6 is 11.3 Å². The summed E-state index contributed by atoms with van der Waals surface area (Å²) in [5.41, 5.74) is 7.52. The summed E-state index contributed by atoms with van der Waals surface area (Å²) in [4.78, 5) is 1.06. The Morgan fingerprint density at radius 3 is 2.81 bits per heavy atom. The van der Waals surface area contributed by atoms with Gasteiger partial charge in [-0.05, 0) is 54.6 Å². The number of thiophene rings is 1. The van der Waals surface area contributed by atoms with E-state index in [0.717, 1.165) is 21.3 Å². The summed E-state index contributed by atoms with van der Waals surface area (Å²) in [7, 11) is -3.57. The number of hydrogen-bond donors (Lipinski definition) is 1. The molecule has 2 aromatic heterocycles. The summed E-state index contributed by atoms with van der Waals surface area (Å²) in [5, 5.41) is 2.88. The van der Waals surface area contributed by atoms with E-state index in [2.05, 4.69) is 0 Å². The van der Waals surface area contributed by atoms with Gasteiger partial charge in [-0.25, -0.2) is 12.4 Å². The monoisotopic (exact) mass is 320 g/mol. The molecule has 0 aliphatic rings. The molecule has 4 nitrogen and oxygen atoms in total. The van der Waals surface area contributed by atoms with E-state index >= 15 is 0 Å². The van der Waals surface area contributed by atoms with E-state index < -0.39 is 10.0 Å². The number of aromatic nitrogens is 1. The molecule has 1 aromatic carbocycles. The Morgan fingerprint density at radius 2 is 2.10 bits per heavy atom. The van der Waals surface area contributed by atoms with Crippen LogP contribution in [0.15, 0.2) is 46.8 Å². The summed E-state index contributed by atoms with van der Waals surface area (Å²) in [6, 6.07) is 8.92. The molecule has 0 unspecified atom stereocenters. The van der Waals surface area contributed by atoms with Crippen molar-refractivity contribution in [2.24, 2.45) is 5.73 Å². The smallest absolute Gasteiger partial charge is 0.268 e. The first-order valence-electron chi connectivity index (χ1n) is 6.64. The SMILES string of the molecule is Cc1cccc(S(=O)(=O)n2cc(CCN)c3ccsc32)c1. The molecule has 0 radical (unpaired) electrons. The predicted molar refractivity (Wildman–Crippen MR) is 86.3 cm³/mol. The van der Waals surface area contributed by atoms with Crippen LogP contribution in [0.3, 0.4) is 0 Å². The molecule has 0 aliphatic heterocycles. The van der Waals surface area contributed by atoms with Gasteiger partial charge in [0.1, 0.15) is 4.83 Å². The Bertz CT molecular complexity index is 891. The first kappa shape index (κ1) is 14.3. The van der Waals surface area contributed by atoms with Crippen molar-refractivity contribution < 1.29 is 8.42 Å². The molecule has 3 rings (SSSR count). The normalized spacial score (nSPS) is 12.1. The van der Waals surface area contributed by atoms with Gasteiger partial charge in [-0.1, -0.05) is 12.1 Å². The second-order valence-electron chi connectivity index (χ2n) is 4.95. The highest BCUT2D eigenvalue weighted by Crippen LogP contribution is 2.30. The van der Waals surface area contributed by atoms with Crippen molar-refractivity contribution in [3.05, 3.63) is 53.0 Å². The molecular formula is C15H16N2O2S2. The topological polar surface area (TPSA) is 65.1 Å². The van der Waals surface area contributed by atoms with Crippen LogP contribution < -0.4 is 5.73 Å². The van der Waals surface area contributed by atoms with Crippen molar-refractivity contribution in [1.82, 2.24) is 3.97 Å². The van der Waals surface area contributed by atoms with Gasteiger partial charge in [0, 0.05) is 11.6 Å². The maximum Gasteiger partial charge on any atom is 0.268 e. The predicted octanol–water partition coefficient (Wildman–Crippen LogP) is 2.75. The summed E-state index contributed by atoms with van der Waals surface area (Å²) in [6.07, 6.45) is 2.37. The van der Waals surface area contributed by atoms with Crippen LogP contribution in [0, 0.1) is 6.92 Å². The number of fused-ring (bicyclic) bond motifs is 1. The van der Waals surface area contributed by atoms with Crippen molar-refractivity contribution in [2.45, 2.75) is 18.2 Å². The highest BCUT2D eigenvalue weighted by Gasteiger charge is 2.21. The lowest BCUT2D eigenvalue weighted by atomic mass is 10.2. The van der Waals surface area contributed by atoms with E-state index in [1.807, 2.05) is 24.4 Å². The molecule has 110 valence electrons. The van der Waals surface area contributed by atoms with Crippen molar-refractivity contribution in [2.75, 3.05) is 6.54 Å². The summed E-state index contributed by atoms with van der Waals surface area (Å²) >= 11 is 1.43. The summed E-state index contributed by atoms with van der Waals surface area (Å²) in [6.45, 7) is 2.38. The van der Waals surface area contributed by atoms with Crippen molar-refractivity contribution in [3.63, 3.8) is 0 Å². The minimum atomic E-state index is -3.57. The minimum Gasteiger partial charge on any atom is -0.330 e. The van der Waals surface area contributed by atoms with Gasteiger partial charge in [0.25, 0.3) is 10.0 Å². The maximum atomic E-state index is 12.9. The molecule has 0 saturated heterocycles. The van der Waals surface area contributed by atoms with Gasteiger partial charge in [0.2, 0.25) is 0 Å². The standard InChI is InChI=1S/C15H16N2O2S2/c1-11-3-2-4-13(9-11)21(18,19)17-10-12(5-7-16)14-6-8-20-15(14)17/h2-4,6,8-10H,5,7,16H2,1H3. The number of rotatable bonds is 4. The molecule has 21 heavy (non-hydrogen) atoms. The quantitative estimate of drug-likeness (QED) is 0.804. The maximum absolute atomic E-state index is 12.9. The third kappa shape index (κ3) is 2.39. The van der Waals surface area contributed by atoms with E-state index in [9.17, 15) is 8.42 Å². The third-order valence-corrected chi connectivity index (χ3v) is 6.11. The molecule has 0 aliphatic carbocycles. The molecule has 0 fully saturated rings. The zero-order valence-corrected chi connectivity index (χ0v) is 13.2. The number of nitrogens with two attached hydrogens (primary N) is 1. The van der Waals surface area contributed by atoms with Crippen LogP contribution in [0.5, 0.6) is 0 Å². The van der Waals surface area contributed by atoms with Crippen LogP contribution in [-0.4, -0.2) is 18.9 Å². The van der Waals surface area contributed by atoms with Gasteiger partial charge >= 0.3 is 0 Å². The lowest BCUT2D eigenvalue weighted by Gasteiger charge is -2.07. The van der Waals surface area contributed by atoms with E-state index in [1.54, 1.807) is 24.4 Å². The van der Waals surface area contributed by atoms with Crippen LogP contribution in [0.25, 0.3) is 10.2 Å². The lowest BCUT2D eigenvalue weighted by molar-refractivity contribution is 0.589. The van der Waals surface area contributed by atoms with Crippen LogP contribution in [0.1, 0.15) is 11.1 Å².